The van der Waals surface area contributed by atoms with Crippen LogP contribution >= 0.6 is 15.9 Å². The van der Waals surface area contributed by atoms with Crippen LogP contribution in [0.15, 0.2) is 28.9 Å². The summed E-state index contributed by atoms with van der Waals surface area (Å²) in [6, 6.07) is 6.62. The molecule has 96 valence electrons. The molecular weight excluding hydrogens is 292 g/mol. The molecule has 0 bridgehead atoms. The molecule has 0 fully saturated rings. The molecular formula is C13H17BrN4. The first kappa shape index (κ1) is 13.2. The molecule has 1 atom stereocenters. The van der Waals surface area contributed by atoms with Gasteiger partial charge in [-0.05, 0) is 25.6 Å². The van der Waals surface area contributed by atoms with Crippen LogP contribution in [0.2, 0.25) is 0 Å². The molecule has 0 saturated carbocycles. The monoisotopic (exact) mass is 308 g/mol. The summed E-state index contributed by atoms with van der Waals surface area (Å²) < 4.78 is 2.85. The van der Waals surface area contributed by atoms with Crippen LogP contribution in [0.25, 0.3) is 0 Å². The van der Waals surface area contributed by atoms with Crippen LogP contribution < -0.4 is 5.32 Å². The Morgan fingerprint density at radius 2 is 2.22 bits per heavy atom. The van der Waals surface area contributed by atoms with E-state index in [1.54, 1.807) is 4.68 Å². The third-order valence-electron chi connectivity index (χ3n) is 2.94. The van der Waals surface area contributed by atoms with E-state index in [4.69, 9.17) is 0 Å². The molecule has 0 aliphatic heterocycles. The number of halogens is 1. The molecule has 1 aromatic carbocycles. The zero-order chi connectivity index (χ0) is 13.1. The van der Waals surface area contributed by atoms with Crippen LogP contribution in [0.4, 0.5) is 0 Å². The first-order chi connectivity index (χ1) is 8.60. The lowest BCUT2D eigenvalue weighted by Crippen LogP contribution is -2.19. The topological polar surface area (TPSA) is 42.7 Å². The van der Waals surface area contributed by atoms with E-state index in [0.29, 0.717) is 0 Å². The zero-order valence-electron chi connectivity index (χ0n) is 10.8. The summed E-state index contributed by atoms with van der Waals surface area (Å²) in [6.45, 7) is 2.10. The number of hydrogen-bond donors (Lipinski definition) is 1. The maximum atomic E-state index is 4.14. The number of hydrogen-bond acceptors (Lipinski definition) is 3. The summed E-state index contributed by atoms with van der Waals surface area (Å²) in [5.74, 6) is 0. The Kier molecular flexibility index (Phi) is 4.14. The fraction of sp³-hybridized carbons (Fsp3) is 0.385. The van der Waals surface area contributed by atoms with Gasteiger partial charge in [0.2, 0.25) is 0 Å². The van der Waals surface area contributed by atoms with Gasteiger partial charge in [0.1, 0.15) is 0 Å². The van der Waals surface area contributed by atoms with Crippen LogP contribution in [-0.4, -0.2) is 22.0 Å². The van der Waals surface area contributed by atoms with Crippen molar-refractivity contribution in [3.63, 3.8) is 0 Å². The largest absolute Gasteiger partial charge is 0.313 e. The van der Waals surface area contributed by atoms with Gasteiger partial charge in [0.05, 0.1) is 5.69 Å². The van der Waals surface area contributed by atoms with Crippen LogP contribution in [0.3, 0.4) is 0 Å². The van der Waals surface area contributed by atoms with Crippen molar-refractivity contribution in [1.82, 2.24) is 20.3 Å². The molecule has 1 N–H and O–H groups in total. The summed E-state index contributed by atoms with van der Waals surface area (Å²) in [5.41, 5.74) is 3.50. The van der Waals surface area contributed by atoms with Crippen molar-refractivity contribution in [2.24, 2.45) is 7.05 Å². The van der Waals surface area contributed by atoms with Crippen LogP contribution in [0.5, 0.6) is 0 Å². The second kappa shape index (κ2) is 5.63. The van der Waals surface area contributed by atoms with Crippen LogP contribution in [-0.2, 0) is 13.5 Å². The molecule has 0 spiro atoms. The van der Waals surface area contributed by atoms with Gasteiger partial charge in [-0.25, -0.2) is 0 Å². The number of aromatic nitrogens is 3. The van der Waals surface area contributed by atoms with E-state index in [0.717, 1.165) is 16.6 Å². The molecule has 5 heteroatoms. The molecule has 1 heterocycles. The van der Waals surface area contributed by atoms with Crippen LogP contribution in [0.1, 0.15) is 22.9 Å². The van der Waals surface area contributed by atoms with Crippen LogP contribution in [0, 0.1) is 6.92 Å². The van der Waals surface area contributed by atoms with Crippen molar-refractivity contribution in [2.75, 3.05) is 7.05 Å². The Labute approximate surface area is 116 Å². The predicted molar refractivity (Wildman–Crippen MR) is 75.4 cm³/mol. The Morgan fingerprint density at radius 1 is 1.44 bits per heavy atom. The number of benzene rings is 1. The van der Waals surface area contributed by atoms with Crippen molar-refractivity contribution < 1.29 is 0 Å². The maximum Gasteiger partial charge on any atom is 0.0845 e. The van der Waals surface area contributed by atoms with Crippen molar-refractivity contribution in [2.45, 2.75) is 19.4 Å². The van der Waals surface area contributed by atoms with Crippen molar-refractivity contribution in [3.8, 4) is 0 Å². The normalized spacial score (nSPS) is 12.7. The average molecular weight is 309 g/mol. The van der Waals surface area contributed by atoms with Gasteiger partial charge >= 0.3 is 0 Å². The van der Waals surface area contributed by atoms with Gasteiger partial charge in [-0.3, -0.25) is 4.68 Å². The zero-order valence-corrected chi connectivity index (χ0v) is 12.4. The molecule has 1 aromatic heterocycles. The van der Waals surface area contributed by atoms with Crippen molar-refractivity contribution >= 4 is 15.9 Å². The standard InChI is InChI=1S/C13H17BrN4/c1-9-4-5-12(14)11(6-9)13(15-2)7-10-8-18(3)17-16-10/h4-6,8,13,15H,7H2,1-3H3. The van der Waals surface area contributed by atoms with Gasteiger partial charge in [0.15, 0.2) is 0 Å². The van der Waals surface area contributed by atoms with E-state index in [1.165, 1.54) is 11.1 Å². The van der Waals surface area contributed by atoms with E-state index in [9.17, 15) is 0 Å². The second-order valence-corrected chi connectivity index (χ2v) is 5.31. The minimum atomic E-state index is 0.232. The van der Waals surface area contributed by atoms with Gasteiger partial charge in [-0.1, -0.05) is 38.8 Å². The highest BCUT2D eigenvalue weighted by Gasteiger charge is 2.15. The summed E-state index contributed by atoms with van der Waals surface area (Å²) in [5, 5.41) is 11.4. The molecule has 18 heavy (non-hydrogen) atoms. The summed E-state index contributed by atoms with van der Waals surface area (Å²) in [4.78, 5) is 0. The van der Waals surface area contributed by atoms with Gasteiger partial charge < -0.3 is 5.32 Å². The Bertz CT molecular complexity index is 536. The highest BCUT2D eigenvalue weighted by Crippen LogP contribution is 2.26. The summed E-state index contributed by atoms with van der Waals surface area (Å²) in [7, 11) is 3.85. The smallest absolute Gasteiger partial charge is 0.0845 e. The van der Waals surface area contributed by atoms with E-state index >= 15 is 0 Å². The number of aryl methyl sites for hydroxylation is 2. The quantitative estimate of drug-likeness (QED) is 0.943. The number of rotatable bonds is 4. The van der Waals surface area contributed by atoms with Gasteiger partial charge in [0.25, 0.3) is 0 Å². The lowest BCUT2D eigenvalue weighted by molar-refractivity contribution is 0.581. The van der Waals surface area contributed by atoms with Crippen molar-refractivity contribution in [3.05, 3.63) is 45.7 Å². The van der Waals surface area contributed by atoms with E-state index in [2.05, 4.69) is 56.7 Å². The molecule has 2 aromatic rings. The second-order valence-electron chi connectivity index (χ2n) is 4.45. The lowest BCUT2D eigenvalue weighted by atomic mass is 10.0. The fourth-order valence-corrected chi connectivity index (χ4v) is 2.52. The molecule has 1 unspecified atom stereocenters. The molecule has 0 aliphatic rings. The molecule has 0 amide bonds. The van der Waals surface area contributed by atoms with Gasteiger partial charge in [-0.15, -0.1) is 5.10 Å². The molecule has 0 saturated heterocycles. The number of likely N-dealkylation sites (N-methyl/N-ethyl adjacent to an activating group) is 1. The minimum Gasteiger partial charge on any atom is -0.313 e. The first-order valence-electron chi connectivity index (χ1n) is 5.88. The maximum absolute atomic E-state index is 4.14. The van der Waals surface area contributed by atoms with Gasteiger partial charge in [-0.2, -0.15) is 0 Å². The Morgan fingerprint density at radius 3 is 2.83 bits per heavy atom. The third-order valence-corrected chi connectivity index (χ3v) is 3.66. The predicted octanol–water partition coefficient (Wildman–Crippen LogP) is 2.39. The Hall–Kier alpha value is -1.20. The third kappa shape index (κ3) is 2.97. The molecule has 0 radical (unpaired) electrons. The SMILES string of the molecule is CNC(Cc1cn(C)nn1)c1cc(C)ccc1Br. The Balaban J connectivity index is 2.25. The molecule has 2 rings (SSSR count). The number of nitrogens with zero attached hydrogens (tertiary/aromatic N) is 3. The van der Waals surface area contributed by atoms with Gasteiger partial charge in [0, 0.05) is 30.2 Å². The fourth-order valence-electron chi connectivity index (χ4n) is 2.00. The van der Waals surface area contributed by atoms with Crippen molar-refractivity contribution in [1.29, 1.82) is 0 Å². The summed E-state index contributed by atoms with van der Waals surface area (Å²) in [6.07, 6.45) is 2.78. The number of nitrogens with one attached hydrogen (secondary N) is 1. The van der Waals surface area contributed by atoms with E-state index < -0.39 is 0 Å². The highest BCUT2D eigenvalue weighted by atomic mass is 79.9. The van der Waals surface area contributed by atoms with E-state index in [-0.39, 0.29) is 6.04 Å². The molecule has 0 aliphatic carbocycles. The first-order valence-corrected chi connectivity index (χ1v) is 6.68. The highest BCUT2D eigenvalue weighted by molar-refractivity contribution is 9.10. The molecule has 4 nitrogen and oxygen atoms in total. The van der Waals surface area contributed by atoms with E-state index in [1.807, 2.05) is 20.3 Å². The average Bonchev–Trinajstić information content (AvgIpc) is 2.75. The lowest BCUT2D eigenvalue weighted by Gasteiger charge is -2.17. The summed E-state index contributed by atoms with van der Waals surface area (Å²) >= 11 is 3.61. The minimum absolute atomic E-state index is 0.232.